The Balaban J connectivity index is 2.83. The lowest BCUT2D eigenvalue weighted by Crippen LogP contribution is -2.58. The largest absolute Gasteiger partial charge is 0.358 e. The van der Waals surface area contributed by atoms with E-state index in [1.54, 1.807) is 0 Å². The Morgan fingerprint density at radius 3 is 2.33 bits per heavy atom. The van der Waals surface area contributed by atoms with Crippen LogP contribution in [0.25, 0.3) is 0 Å². The molecule has 6 heteroatoms. The van der Waals surface area contributed by atoms with Crippen molar-refractivity contribution in [1.29, 1.82) is 0 Å². The van der Waals surface area contributed by atoms with Crippen LogP contribution in [-0.4, -0.2) is 46.7 Å². The maximum Gasteiger partial charge on any atom is 0.358 e. The van der Waals surface area contributed by atoms with E-state index in [0.717, 1.165) is 9.80 Å². The van der Waals surface area contributed by atoms with E-state index in [1.165, 1.54) is 12.2 Å². The third-order valence-electron chi connectivity index (χ3n) is 1.90. The van der Waals surface area contributed by atoms with E-state index < -0.39 is 12.1 Å². The van der Waals surface area contributed by atoms with Gasteiger partial charge in [-0.15, -0.1) is 18.3 Å². The number of imide groups is 1. The van der Waals surface area contributed by atoms with Crippen molar-refractivity contribution in [2.45, 2.75) is 0 Å². The summed E-state index contributed by atoms with van der Waals surface area (Å²) < 4.78 is 13.1. The summed E-state index contributed by atoms with van der Waals surface area (Å²) in [5.74, 6) is 0. The van der Waals surface area contributed by atoms with Gasteiger partial charge in [0.1, 0.15) is 6.67 Å². The maximum atomic E-state index is 13.1. The molecule has 0 spiro atoms. The van der Waals surface area contributed by atoms with Crippen molar-refractivity contribution >= 4 is 12.1 Å². The number of hydrogen-bond donors (Lipinski definition) is 0. The summed E-state index contributed by atoms with van der Waals surface area (Å²) in [5, 5.41) is -0.0194. The minimum atomic E-state index is -0.958. The van der Waals surface area contributed by atoms with Gasteiger partial charge in [-0.2, -0.15) is 0 Å². The Kier molecular flexibility index (Phi) is 3.43. The van der Waals surface area contributed by atoms with Crippen LogP contribution in [0, 0.1) is 0 Å². The topological polar surface area (TPSA) is 43.9 Å². The first-order chi connectivity index (χ1) is 7.11. The molecular weight excluding hydrogens is 201 g/mol. The molecule has 5 nitrogen and oxygen atoms in total. The highest BCUT2D eigenvalue weighted by atomic mass is 19.2. The van der Waals surface area contributed by atoms with E-state index in [1.807, 2.05) is 0 Å². The monoisotopic (exact) mass is 213 g/mol. The van der Waals surface area contributed by atoms with Gasteiger partial charge in [-0.05, 0) is 0 Å². The van der Waals surface area contributed by atoms with Crippen molar-refractivity contribution in [2.24, 2.45) is 0 Å². The fourth-order valence-corrected chi connectivity index (χ4v) is 1.23. The van der Waals surface area contributed by atoms with Crippen molar-refractivity contribution in [2.75, 3.05) is 19.8 Å². The third-order valence-corrected chi connectivity index (χ3v) is 1.90. The van der Waals surface area contributed by atoms with E-state index >= 15 is 0 Å². The third kappa shape index (κ3) is 2.15. The molecule has 0 radical (unpaired) electrons. The molecular formula is C9H12FN3O2. The summed E-state index contributed by atoms with van der Waals surface area (Å²) in [7, 11) is 0. The molecule has 0 aliphatic carbocycles. The highest BCUT2D eigenvalue weighted by molar-refractivity contribution is 5.95. The summed E-state index contributed by atoms with van der Waals surface area (Å²) in [6.07, 6.45) is 2.83. The predicted molar refractivity (Wildman–Crippen MR) is 52.4 cm³/mol. The van der Waals surface area contributed by atoms with Gasteiger partial charge in [-0.1, -0.05) is 16.6 Å². The minimum absolute atomic E-state index is 0.00820. The lowest BCUT2D eigenvalue weighted by molar-refractivity contribution is -0.0122. The molecule has 0 aromatic heterocycles. The molecule has 0 atom stereocenters. The Bertz CT molecular complexity index is 306. The van der Waals surface area contributed by atoms with Gasteiger partial charge in [0, 0.05) is 6.54 Å². The average Bonchev–Trinajstić information content (AvgIpc) is 2.21. The van der Waals surface area contributed by atoms with Crippen LogP contribution < -0.4 is 0 Å². The fourth-order valence-electron chi connectivity index (χ4n) is 1.23. The molecule has 1 fully saturated rings. The molecule has 1 rings (SSSR count). The molecule has 4 amide bonds. The summed E-state index contributed by atoms with van der Waals surface area (Å²) in [6.45, 7) is 6.66. The Morgan fingerprint density at radius 2 is 1.80 bits per heavy atom. The second kappa shape index (κ2) is 4.59. The van der Waals surface area contributed by atoms with Crippen LogP contribution in [0.4, 0.5) is 14.1 Å². The molecule has 0 aromatic carbocycles. The standard InChI is InChI=1S/C9H12FN3O2/c1-3-5-11-7-13(10)9(15)12(6-4-2)8(11)14/h3-4H,1-2,5-7H2. The lowest BCUT2D eigenvalue weighted by Gasteiger charge is -2.35. The van der Waals surface area contributed by atoms with Crippen LogP contribution in [0.5, 0.6) is 0 Å². The zero-order chi connectivity index (χ0) is 11.4. The summed E-state index contributed by atoms with van der Waals surface area (Å²) in [5.41, 5.74) is 0. The molecule has 0 aromatic rings. The summed E-state index contributed by atoms with van der Waals surface area (Å²) >= 11 is 0. The van der Waals surface area contributed by atoms with Crippen LogP contribution >= 0.6 is 0 Å². The summed E-state index contributed by atoms with van der Waals surface area (Å²) in [4.78, 5) is 24.8. The smallest absolute Gasteiger partial charge is 0.300 e. The molecule has 1 heterocycles. The van der Waals surface area contributed by atoms with Crippen molar-refractivity contribution < 1.29 is 14.1 Å². The fraction of sp³-hybridized carbons (Fsp3) is 0.333. The first-order valence-corrected chi connectivity index (χ1v) is 4.37. The Hall–Kier alpha value is -1.85. The van der Waals surface area contributed by atoms with Crippen molar-refractivity contribution in [3.8, 4) is 0 Å². The molecule has 0 bridgehead atoms. The van der Waals surface area contributed by atoms with E-state index in [2.05, 4.69) is 13.2 Å². The van der Waals surface area contributed by atoms with Gasteiger partial charge < -0.3 is 0 Å². The number of rotatable bonds is 4. The van der Waals surface area contributed by atoms with Gasteiger partial charge in [-0.3, -0.25) is 4.90 Å². The minimum Gasteiger partial charge on any atom is -0.300 e. The Morgan fingerprint density at radius 1 is 1.20 bits per heavy atom. The quantitative estimate of drug-likeness (QED) is 0.522. The van der Waals surface area contributed by atoms with Gasteiger partial charge >= 0.3 is 12.1 Å². The Labute approximate surface area is 87.0 Å². The van der Waals surface area contributed by atoms with Gasteiger partial charge in [0.15, 0.2) is 0 Å². The van der Waals surface area contributed by atoms with Crippen LogP contribution in [0.15, 0.2) is 25.3 Å². The van der Waals surface area contributed by atoms with E-state index in [9.17, 15) is 14.1 Å². The SMILES string of the molecule is C=CCN1CN(F)C(=O)N(CC=C)C1=O. The molecule has 0 N–H and O–H groups in total. The first-order valence-electron chi connectivity index (χ1n) is 4.37. The van der Waals surface area contributed by atoms with Crippen molar-refractivity contribution in [1.82, 2.24) is 14.9 Å². The molecule has 0 unspecified atom stereocenters. The number of carbonyl (C=O) groups excluding carboxylic acids is 2. The van der Waals surface area contributed by atoms with Crippen LogP contribution in [0.1, 0.15) is 0 Å². The van der Waals surface area contributed by atoms with E-state index in [0.29, 0.717) is 0 Å². The number of halogens is 1. The highest BCUT2D eigenvalue weighted by Gasteiger charge is 2.36. The van der Waals surface area contributed by atoms with Gasteiger partial charge in [0.05, 0.1) is 6.54 Å². The molecule has 1 aliphatic rings. The van der Waals surface area contributed by atoms with Crippen LogP contribution in [0.2, 0.25) is 0 Å². The van der Waals surface area contributed by atoms with E-state index in [-0.39, 0.29) is 24.9 Å². The molecule has 15 heavy (non-hydrogen) atoms. The highest BCUT2D eigenvalue weighted by Crippen LogP contribution is 2.12. The van der Waals surface area contributed by atoms with Gasteiger partial charge in [0.2, 0.25) is 0 Å². The lowest BCUT2D eigenvalue weighted by atomic mass is 10.4. The zero-order valence-electron chi connectivity index (χ0n) is 8.23. The molecule has 82 valence electrons. The second-order valence-electron chi connectivity index (χ2n) is 2.98. The predicted octanol–water partition coefficient (Wildman–Crippen LogP) is 1.36. The maximum absolute atomic E-state index is 13.1. The number of carbonyl (C=O) groups is 2. The van der Waals surface area contributed by atoms with Gasteiger partial charge in [-0.25, -0.2) is 14.5 Å². The normalized spacial score (nSPS) is 17.0. The van der Waals surface area contributed by atoms with Crippen LogP contribution in [0.3, 0.4) is 0 Å². The van der Waals surface area contributed by atoms with E-state index in [4.69, 9.17) is 0 Å². The molecule has 0 saturated carbocycles. The van der Waals surface area contributed by atoms with Crippen molar-refractivity contribution in [3.05, 3.63) is 25.3 Å². The summed E-state index contributed by atoms with van der Waals surface area (Å²) in [6, 6.07) is -1.49. The second-order valence-corrected chi connectivity index (χ2v) is 2.98. The number of hydrogen-bond acceptors (Lipinski definition) is 2. The number of nitrogens with zero attached hydrogens (tertiary/aromatic N) is 3. The molecule has 1 aliphatic heterocycles. The zero-order valence-corrected chi connectivity index (χ0v) is 8.23. The number of amides is 4. The molecule has 1 saturated heterocycles. The van der Waals surface area contributed by atoms with Crippen molar-refractivity contribution in [3.63, 3.8) is 0 Å². The average molecular weight is 213 g/mol. The number of urea groups is 2. The van der Waals surface area contributed by atoms with Crippen LogP contribution in [-0.2, 0) is 0 Å². The first kappa shape index (κ1) is 11.2. The van der Waals surface area contributed by atoms with Gasteiger partial charge in [0.25, 0.3) is 0 Å².